The van der Waals surface area contributed by atoms with E-state index in [1.165, 1.54) is 0 Å². The summed E-state index contributed by atoms with van der Waals surface area (Å²) in [6, 6.07) is 25.5. The summed E-state index contributed by atoms with van der Waals surface area (Å²) in [5.41, 5.74) is 4.19. The lowest BCUT2D eigenvalue weighted by molar-refractivity contribution is 0.101. The number of hydrogen-bond donors (Lipinski definition) is 0. The van der Waals surface area contributed by atoms with Crippen LogP contribution in [0.2, 0.25) is 0 Å². The molecule has 1 heterocycles. The zero-order valence-electron chi connectivity index (χ0n) is 17.0. The molecule has 0 fully saturated rings. The average molecular weight is 391 g/mol. The first kappa shape index (κ1) is 18.3. The van der Waals surface area contributed by atoms with E-state index in [0.717, 1.165) is 39.1 Å². The van der Waals surface area contributed by atoms with Gasteiger partial charge in [-0.15, -0.1) is 0 Å². The maximum Gasteiger partial charge on any atom is 0.193 e. The lowest BCUT2D eigenvalue weighted by Gasteiger charge is -2.07. The molecule has 0 bridgehead atoms. The van der Waals surface area contributed by atoms with E-state index in [9.17, 15) is 9.59 Å². The van der Waals surface area contributed by atoms with Gasteiger partial charge in [0.05, 0.1) is 0 Å². The van der Waals surface area contributed by atoms with E-state index in [0.29, 0.717) is 16.7 Å². The Morgan fingerprint density at radius 2 is 1.37 bits per heavy atom. The quantitative estimate of drug-likeness (QED) is 0.332. The first-order valence-electron chi connectivity index (χ1n) is 10.2. The van der Waals surface area contributed by atoms with E-state index in [-0.39, 0.29) is 11.6 Å². The Morgan fingerprint density at radius 3 is 2.07 bits per heavy atom. The fourth-order valence-electron chi connectivity index (χ4n) is 4.38. The van der Waals surface area contributed by atoms with Gasteiger partial charge in [0.15, 0.2) is 11.6 Å². The van der Waals surface area contributed by atoms with Gasteiger partial charge in [0, 0.05) is 45.0 Å². The third kappa shape index (κ3) is 2.74. The molecule has 0 atom stereocenters. The Balaban J connectivity index is 1.74. The fraction of sp³-hybridized carbons (Fsp3) is 0.111. The summed E-state index contributed by atoms with van der Waals surface area (Å²) in [6.07, 6.45) is 0. The van der Waals surface area contributed by atoms with E-state index in [2.05, 4.69) is 11.5 Å². The molecule has 0 amide bonds. The van der Waals surface area contributed by atoms with Crippen LogP contribution < -0.4 is 0 Å². The highest BCUT2D eigenvalue weighted by atomic mass is 16.1. The van der Waals surface area contributed by atoms with Crippen molar-refractivity contribution in [1.82, 2.24) is 4.57 Å². The minimum Gasteiger partial charge on any atom is -0.341 e. The number of nitrogens with zero attached hydrogens (tertiary/aromatic N) is 1. The topological polar surface area (TPSA) is 39.1 Å². The van der Waals surface area contributed by atoms with Crippen molar-refractivity contribution in [2.45, 2.75) is 20.4 Å². The van der Waals surface area contributed by atoms with Crippen LogP contribution in [0.25, 0.3) is 32.6 Å². The van der Waals surface area contributed by atoms with Gasteiger partial charge in [0.25, 0.3) is 0 Å². The lowest BCUT2D eigenvalue weighted by Crippen LogP contribution is -2.02. The number of ketones is 2. The van der Waals surface area contributed by atoms with Crippen molar-refractivity contribution in [2.75, 3.05) is 0 Å². The van der Waals surface area contributed by atoms with E-state index < -0.39 is 0 Å². The number of aryl methyl sites for hydroxylation is 1. The molecule has 3 nitrogen and oxygen atoms in total. The predicted molar refractivity (Wildman–Crippen MR) is 123 cm³/mol. The highest BCUT2D eigenvalue weighted by Crippen LogP contribution is 2.32. The second-order valence-corrected chi connectivity index (χ2v) is 7.62. The second-order valence-electron chi connectivity index (χ2n) is 7.62. The monoisotopic (exact) mass is 391 g/mol. The SMILES string of the molecule is CCn1c2ccc(C(C)=O)cc2c2cc(C(=O)c3cccc4ccccc34)ccc21. The van der Waals surface area contributed by atoms with Gasteiger partial charge in [-0.3, -0.25) is 9.59 Å². The average Bonchev–Trinajstić information content (AvgIpc) is 3.10. The van der Waals surface area contributed by atoms with Gasteiger partial charge >= 0.3 is 0 Å². The predicted octanol–water partition coefficient (Wildman–Crippen LogP) is 6.40. The largest absolute Gasteiger partial charge is 0.341 e. The normalized spacial score (nSPS) is 11.4. The molecule has 0 aliphatic heterocycles. The number of benzene rings is 4. The van der Waals surface area contributed by atoms with Crippen molar-refractivity contribution in [3.8, 4) is 0 Å². The van der Waals surface area contributed by atoms with Crippen LogP contribution in [0.5, 0.6) is 0 Å². The molecule has 0 radical (unpaired) electrons. The summed E-state index contributed by atoms with van der Waals surface area (Å²) in [6.45, 7) is 4.50. The molecule has 0 saturated carbocycles. The molecule has 1 aromatic heterocycles. The van der Waals surface area contributed by atoms with Crippen LogP contribution in [-0.4, -0.2) is 16.1 Å². The van der Waals surface area contributed by atoms with Crippen molar-refractivity contribution < 1.29 is 9.59 Å². The van der Waals surface area contributed by atoms with Crippen LogP contribution in [0.15, 0.2) is 78.9 Å². The van der Waals surface area contributed by atoms with Gasteiger partial charge in [0.1, 0.15) is 0 Å². The standard InChI is InChI=1S/C27H21NO2/c1-3-28-25-13-11-19(17(2)29)15-23(25)24-16-20(12-14-26(24)28)27(30)22-10-6-8-18-7-4-5-9-21(18)22/h4-16H,3H2,1-2H3. The van der Waals surface area contributed by atoms with Crippen molar-refractivity contribution in [3.63, 3.8) is 0 Å². The Bertz CT molecular complexity index is 1470. The number of aromatic nitrogens is 1. The smallest absolute Gasteiger partial charge is 0.193 e. The third-order valence-electron chi connectivity index (χ3n) is 5.88. The highest BCUT2D eigenvalue weighted by molar-refractivity contribution is 6.19. The van der Waals surface area contributed by atoms with Gasteiger partial charge in [-0.05, 0) is 61.0 Å². The summed E-state index contributed by atoms with van der Waals surface area (Å²) >= 11 is 0. The van der Waals surface area contributed by atoms with Crippen molar-refractivity contribution in [1.29, 1.82) is 0 Å². The van der Waals surface area contributed by atoms with Crippen molar-refractivity contribution in [3.05, 3.63) is 95.6 Å². The van der Waals surface area contributed by atoms with Gasteiger partial charge in [0.2, 0.25) is 0 Å². The number of hydrogen-bond acceptors (Lipinski definition) is 2. The summed E-state index contributed by atoms with van der Waals surface area (Å²) in [7, 11) is 0. The molecule has 3 heteroatoms. The first-order chi connectivity index (χ1) is 14.6. The van der Waals surface area contributed by atoms with Crippen molar-refractivity contribution in [2.24, 2.45) is 0 Å². The molecule has 0 unspecified atom stereocenters. The third-order valence-corrected chi connectivity index (χ3v) is 5.88. The number of rotatable bonds is 4. The number of Topliss-reactive ketones (excluding diaryl/α,β-unsaturated/α-hetero) is 1. The molecule has 5 aromatic rings. The Morgan fingerprint density at radius 1 is 0.733 bits per heavy atom. The molecular formula is C27H21NO2. The van der Waals surface area contributed by atoms with E-state index >= 15 is 0 Å². The Kier molecular flexibility index (Phi) is 4.25. The maximum absolute atomic E-state index is 13.4. The van der Waals surface area contributed by atoms with Gasteiger partial charge in [-0.1, -0.05) is 42.5 Å². The highest BCUT2D eigenvalue weighted by Gasteiger charge is 2.16. The Hall–Kier alpha value is -3.72. The number of carbonyl (C=O) groups is 2. The fourth-order valence-corrected chi connectivity index (χ4v) is 4.38. The zero-order valence-corrected chi connectivity index (χ0v) is 17.0. The minimum atomic E-state index is 0.00817. The maximum atomic E-state index is 13.4. The van der Waals surface area contributed by atoms with E-state index in [1.807, 2.05) is 78.9 Å². The lowest BCUT2D eigenvalue weighted by atomic mass is 9.96. The molecule has 4 aromatic carbocycles. The molecule has 146 valence electrons. The molecule has 0 aliphatic rings. The van der Waals surface area contributed by atoms with Crippen LogP contribution in [0.1, 0.15) is 40.1 Å². The molecule has 0 aliphatic carbocycles. The number of fused-ring (bicyclic) bond motifs is 4. The molecule has 0 spiro atoms. The number of carbonyl (C=O) groups excluding carboxylic acids is 2. The summed E-state index contributed by atoms with van der Waals surface area (Å²) in [5.74, 6) is 0.0473. The molecular weight excluding hydrogens is 370 g/mol. The van der Waals surface area contributed by atoms with Gasteiger partial charge in [-0.2, -0.15) is 0 Å². The van der Waals surface area contributed by atoms with E-state index in [4.69, 9.17) is 0 Å². The second kappa shape index (κ2) is 6.96. The van der Waals surface area contributed by atoms with Crippen LogP contribution in [-0.2, 0) is 6.54 Å². The van der Waals surface area contributed by atoms with Gasteiger partial charge < -0.3 is 4.57 Å². The van der Waals surface area contributed by atoms with E-state index in [1.54, 1.807) is 6.92 Å². The first-order valence-corrected chi connectivity index (χ1v) is 10.2. The summed E-state index contributed by atoms with van der Waals surface area (Å²) < 4.78 is 2.22. The summed E-state index contributed by atoms with van der Waals surface area (Å²) in [4.78, 5) is 25.4. The van der Waals surface area contributed by atoms with Gasteiger partial charge in [-0.25, -0.2) is 0 Å². The molecule has 0 N–H and O–H groups in total. The minimum absolute atomic E-state index is 0.00817. The van der Waals surface area contributed by atoms with Crippen LogP contribution in [0.4, 0.5) is 0 Å². The van der Waals surface area contributed by atoms with Crippen LogP contribution in [0, 0.1) is 0 Å². The van der Waals surface area contributed by atoms with Crippen LogP contribution in [0.3, 0.4) is 0 Å². The zero-order chi connectivity index (χ0) is 20.8. The Labute approximate surface area is 174 Å². The molecule has 0 saturated heterocycles. The molecule has 30 heavy (non-hydrogen) atoms. The molecule has 5 rings (SSSR count). The van der Waals surface area contributed by atoms with Crippen molar-refractivity contribution >= 4 is 44.1 Å². The summed E-state index contributed by atoms with van der Waals surface area (Å²) in [5, 5.41) is 4.02. The van der Waals surface area contributed by atoms with Crippen LogP contribution >= 0.6 is 0 Å².